The number of carbonyl (C=O) groups excluding carboxylic acids is 1. The normalized spacial score (nSPS) is 18.6. The quantitative estimate of drug-likeness (QED) is 0.116. The van der Waals surface area contributed by atoms with E-state index in [0.717, 1.165) is 38.9 Å². The molecule has 0 unspecified atom stereocenters. The third kappa shape index (κ3) is 7.88. The Morgan fingerprint density at radius 1 is 0.808 bits per heavy atom. The third-order valence-corrected chi connectivity index (χ3v) is 10.2. The van der Waals surface area contributed by atoms with E-state index in [9.17, 15) is 19.8 Å². The number of nitrogens with one attached hydrogen (secondary N) is 1. The van der Waals surface area contributed by atoms with Crippen molar-refractivity contribution in [2.45, 2.75) is 43.6 Å². The summed E-state index contributed by atoms with van der Waals surface area (Å²) in [6, 6.07) is 34.3. The maximum atomic E-state index is 12.9. The maximum Gasteiger partial charge on any atom is 0.338 e. The van der Waals surface area contributed by atoms with Crippen molar-refractivity contribution >= 4 is 34.7 Å². The van der Waals surface area contributed by atoms with Gasteiger partial charge in [0.2, 0.25) is 0 Å². The molecule has 0 spiro atoms. The zero-order chi connectivity index (χ0) is 36.0. The summed E-state index contributed by atoms with van der Waals surface area (Å²) in [7, 11) is 0. The van der Waals surface area contributed by atoms with Crippen molar-refractivity contribution in [1.29, 1.82) is 0 Å². The largest absolute Gasteiger partial charge is 0.478 e. The molecule has 0 saturated carbocycles. The van der Waals surface area contributed by atoms with E-state index in [-0.39, 0.29) is 41.9 Å². The molecule has 7 rings (SSSR count). The number of aliphatic hydroxyl groups excluding tert-OH is 1. The van der Waals surface area contributed by atoms with E-state index in [1.165, 1.54) is 18.0 Å². The van der Waals surface area contributed by atoms with E-state index >= 15 is 0 Å². The van der Waals surface area contributed by atoms with Gasteiger partial charge < -0.3 is 25.0 Å². The van der Waals surface area contributed by atoms with Crippen molar-refractivity contribution in [3.63, 3.8) is 0 Å². The van der Waals surface area contributed by atoms with E-state index < -0.39 is 12.3 Å². The standard InChI is InChI=1S/C41H36N4O6S/c1-25-36(24-52-39-32(40(48)49)11-6-18-42-39)50-41(51-37(25)28-16-14-26(23-46)15-17-28)31-10-5-9-30(20-31)29-8-4-7-27(19-29)21-44-38(47)35-22-43-33-12-2-3-13-34(33)45-35/h2-20,22,25,36-37,41,46H,21,23-24H2,1H3,(H,44,47)(H,48,49)/t25-,36+,37+,41+/m0/s1. The number of pyridine rings is 1. The number of aromatic carboxylic acids is 1. The molecule has 2 aromatic heterocycles. The number of carboxylic acids is 1. The highest BCUT2D eigenvalue weighted by atomic mass is 32.2. The van der Waals surface area contributed by atoms with Crippen LogP contribution in [0.1, 0.15) is 62.4 Å². The Balaban J connectivity index is 1.10. The van der Waals surface area contributed by atoms with Crippen LogP contribution in [0.25, 0.3) is 22.2 Å². The molecule has 1 amide bonds. The van der Waals surface area contributed by atoms with Crippen LogP contribution in [-0.4, -0.2) is 48.9 Å². The minimum absolute atomic E-state index is 0.0537. The van der Waals surface area contributed by atoms with Gasteiger partial charge in [-0.05, 0) is 64.2 Å². The number of rotatable bonds is 11. The first kappa shape index (κ1) is 35.0. The molecule has 1 aliphatic heterocycles. The molecule has 6 aromatic rings. The molecule has 52 heavy (non-hydrogen) atoms. The van der Waals surface area contributed by atoms with Crippen molar-refractivity contribution in [2.24, 2.45) is 5.92 Å². The average molecular weight is 713 g/mol. The molecule has 1 aliphatic rings. The topological polar surface area (TPSA) is 144 Å². The van der Waals surface area contributed by atoms with Gasteiger partial charge in [0.1, 0.15) is 10.7 Å². The highest BCUT2D eigenvalue weighted by Gasteiger charge is 2.38. The number of aromatic nitrogens is 3. The summed E-state index contributed by atoms with van der Waals surface area (Å²) in [6.45, 7) is 2.32. The fraction of sp³-hybridized carbons (Fsp3) is 0.195. The first-order chi connectivity index (χ1) is 25.4. The molecular weight excluding hydrogens is 677 g/mol. The number of para-hydroxylation sites is 2. The highest BCUT2D eigenvalue weighted by molar-refractivity contribution is 7.99. The predicted octanol–water partition coefficient (Wildman–Crippen LogP) is 7.40. The van der Waals surface area contributed by atoms with Gasteiger partial charge in [-0.25, -0.2) is 14.8 Å². The van der Waals surface area contributed by atoms with E-state index in [0.29, 0.717) is 22.8 Å². The Labute approximate surface area is 304 Å². The maximum absolute atomic E-state index is 12.9. The van der Waals surface area contributed by atoms with Crippen LogP contribution in [-0.2, 0) is 22.6 Å². The number of thioether (sulfide) groups is 1. The van der Waals surface area contributed by atoms with Crippen molar-refractivity contribution in [2.75, 3.05) is 5.75 Å². The molecule has 0 aliphatic carbocycles. The Morgan fingerprint density at radius 2 is 1.58 bits per heavy atom. The number of amides is 1. The van der Waals surface area contributed by atoms with Gasteiger partial charge in [0.05, 0.1) is 41.6 Å². The Bertz CT molecular complexity index is 2210. The van der Waals surface area contributed by atoms with Gasteiger partial charge >= 0.3 is 5.97 Å². The fourth-order valence-corrected chi connectivity index (χ4v) is 7.36. The smallest absolute Gasteiger partial charge is 0.338 e. The zero-order valence-corrected chi connectivity index (χ0v) is 29.1. The SMILES string of the molecule is C[C@H]1[C@@H](CSc2ncccc2C(=O)O)O[C@@H](c2cccc(-c3cccc(CNC(=O)c4cnc5ccccc5n4)c3)c2)O[C@H]1c1ccc(CO)cc1. The number of fused-ring (bicyclic) bond motifs is 1. The summed E-state index contributed by atoms with van der Waals surface area (Å²) in [5.74, 6) is -0.959. The van der Waals surface area contributed by atoms with Crippen LogP contribution in [0.2, 0.25) is 0 Å². The van der Waals surface area contributed by atoms with Gasteiger partial charge in [0, 0.05) is 30.0 Å². The third-order valence-electron chi connectivity index (χ3n) is 9.06. The molecule has 1 saturated heterocycles. The van der Waals surface area contributed by atoms with Crippen molar-refractivity contribution in [3.8, 4) is 11.1 Å². The molecule has 1 fully saturated rings. The van der Waals surface area contributed by atoms with Crippen molar-refractivity contribution < 1.29 is 29.3 Å². The second-order valence-corrected chi connectivity index (χ2v) is 13.6. The molecule has 4 atom stereocenters. The van der Waals surface area contributed by atoms with Crippen LogP contribution < -0.4 is 5.32 Å². The van der Waals surface area contributed by atoms with Crippen molar-refractivity contribution in [3.05, 3.63) is 155 Å². The molecule has 262 valence electrons. The molecular formula is C41H36N4O6S. The lowest BCUT2D eigenvalue weighted by Gasteiger charge is -2.41. The number of hydrogen-bond donors (Lipinski definition) is 3. The molecule has 3 N–H and O–H groups in total. The highest BCUT2D eigenvalue weighted by Crippen LogP contribution is 2.43. The van der Waals surface area contributed by atoms with Crippen LogP contribution in [0.5, 0.6) is 0 Å². The van der Waals surface area contributed by atoms with Crippen molar-refractivity contribution in [1.82, 2.24) is 20.3 Å². The van der Waals surface area contributed by atoms with Gasteiger partial charge in [-0.15, -0.1) is 11.8 Å². The van der Waals surface area contributed by atoms with Gasteiger partial charge in [-0.1, -0.05) is 79.7 Å². The Kier molecular flexibility index (Phi) is 10.6. The second-order valence-electron chi connectivity index (χ2n) is 12.5. The molecule has 3 heterocycles. The minimum Gasteiger partial charge on any atom is -0.478 e. The average Bonchev–Trinajstić information content (AvgIpc) is 3.19. The molecule has 0 bridgehead atoms. The van der Waals surface area contributed by atoms with Gasteiger partial charge in [0.25, 0.3) is 5.91 Å². The zero-order valence-electron chi connectivity index (χ0n) is 28.3. The Morgan fingerprint density at radius 3 is 2.37 bits per heavy atom. The van der Waals surface area contributed by atoms with Crippen LogP contribution in [0, 0.1) is 5.92 Å². The summed E-state index contributed by atoms with van der Waals surface area (Å²) in [5.41, 5.74) is 7.22. The van der Waals surface area contributed by atoms with Crippen LogP contribution in [0.4, 0.5) is 0 Å². The minimum atomic E-state index is -1.03. The first-order valence-electron chi connectivity index (χ1n) is 16.9. The van der Waals surface area contributed by atoms with Crippen LogP contribution in [0.15, 0.2) is 127 Å². The first-order valence-corrected chi connectivity index (χ1v) is 17.9. The molecule has 10 nitrogen and oxygen atoms in total. The molecule has 4 aromatic carbocycles. The number of nitrogens with zero attached hydrogens (tertiary/aromatic N) is 3. The van der Waals surface area contributed by atoms with E-state index in [1.54, 1.807) is 18.3 Å². The lowest BCUT2D eigenvalue weighted by Crippen LogP contribution is -2.38. The van der Waals surface area contributed by atoms with Gasteiger partial charge in [0.15, 0.2) is 6.29 Å². The van der Waals surface area contributed by atoms with Crippen LogP contribution in [0.3, 0.4) is 0 Å². The van der Waals surface area contributed by atoms with E-state index in [4.69, 9.17) is 9.47 Å². The number of benzene rings is 4. The van der Waals surface area contributed by atoms with Crippen LogP contribution >= 0.6 is 11.8 Å². The molecule has 0 radical (unpaired) electrons. The number of hydrogen-bond acceptors (Lipinski definition) is 9. The number of carbonyl (C=O) groups is 2. The fourth-order valence-electron chi connectivity index (χ4n) is 6.20. The summed E-state index contributed by atoms with van der Waals surface area (Å²) < 4.78 is 13.3. The Hall–Kier alpha value is -5.46. The lowest BCUT2D eigenvalue weighted by molar-refractivity contribution is -0.268. The number of ether oxygens (including phenoxy) is 2. The van der Waals surface area contributed by atoms with E-state index in [2.05, 4.69) is 27.2 Å². The number of carboxylic acid groups (broad SMARTS) is 1. The monoisotopic (exact) mass is 712 g/mol. The summed E-state index contributed by atoms with van der Waals surface area (Å²) >= 11 is 1.35. The van der Waals surface area contributed by atoms with E-state index in [1.807, 2.05) is 97.1 Å². The second kappa shape index (κ2) is 15.8. The number of aliphatic hydroxyl groups is 1. The summed E-state index contributed by atoms with van der Waals surface area (Å²) in [4.78, 5) is 37.9. The van der Waals surface area contributed by atoms with Gasteiger partial charge in [-0.3, -0.25) is 9.78 Å². The lowest BCUT2D eigenvalue weighted by atomic mass is 9.91. The van der Waals surface area contributed by atoms with Gasteiger partial charge in [-0.2, -0.15) is 0 Å². The predicted molar refractivity (Wildman–Crippen MR) is 197 cm³/mol. The summed E-state index contributed by atoms with van der Waals surface area (Å²) in [5, 5.41) is 22.7. The molecule has 11 heteroatoms. The summed E-state index contributed by atoms with van der Waals surface area (Å²) in [6.07, 6.45) is 1.73.